The highest BCUT2D eigenvalue weighted by atomic mass is 35.5. The van der Waals surface area contributed by atoms with Gasteiger partial charge in [0.05, 0.1) is 13.2 Å². The number of rotatable bonds is 4. The van der Waals surface area contributed by atoms with Gasteiger partial charge in [0.1, 0.15) is 17.9 Å². The summed E-state index contributed by atoms with van der Waals surface area (Å²) in [6.07, 6.45) is 1.50. The SMILES string of the molecule is CCn1ncnc1C(N)c1cc(Cl)ccc1OC. The number of aromatic nitrogens is 3. The largest absolute Gasteiger partial charge is 0.496 e. The van der Waals surface area contributed by atoms with Crippen LogP contribution in [0.15, 0.2) is 24.5 Å². The maximum absolute atomic E-state index is 6.22. The van der Waals surface area contributed by atoms with Gasteiger partial charge in [0.25, 0.3) is 0 Å². The second kappa shape index (κ2) is 5.37. The van der Waals surface area contributed by atoms with Gasteiger partial charge in [-0.25, -0.2) is 9.67 Å². The van der Waals surface area contributed by atoms with E-state index in [4.69, 9.17) is 22.1 Å². The highest BCUT2D eigenvalue weighted by Crippen LogP contribution is 2.29. The molecule has 1 aromatic heterocycles. The second-order valence-corrected chi connectivity index (χ2v) is 4.23. The van der Waals surface area contributed by atoms with E-state index in [0.717, 1.165) is 5.56 Å². The van der Waals surface area contributed by atoms with E-state index in [9.17, 15) is 0 Å². The van der Waals surface area contributed by atoms with Gasteiger partial charge in [-0.05, 0) is 25.1 Å². The molecule has 2 aromatic rings. The molecule has 5 nitrogen and oxygen atoms in total. The average Bonchev–Trinajstić information content (AvgIpc) is 2.86. The molecule has 1 heterocycles. The molecule has 6 heteroatoms. The van der Waals surface area contributed by atoms with E-state index in [-0.39, 0.29) is 0 Å². The maximum Gasteiger partial charge on any atom is 0.148 e. The van der Waals surface area contributed by atoms with Gasteiger partial charge in [0.15, 0.2) is 0 Å². The van der Waals surface area contributed by atoms with Crippen molar-refractivity contribution in [1.29, 1.82) is 0 Å². The summed E-state index contributed by atoms with van der Waals surface area (Å²) < 4.78 is 7.05. The van der Waals surface area contributed by atoms with Crippen molar-refractivity contribution in [2.24, 2.45) is 5.73 Å². The number of nitrogens with two attached hydrogens (primary N) is 1. The molecule has 0 bridgehead atoms. The van der Waals surface area contributed by atoms with Gasteiger partial charge >= 0.3 is 0 Å². The van der Waals surface area contributed by atoms with E-state index in [1.807, 2.05) is 6.92 Å². The first kappa shape index (κ1) is 12.9. The smallest absolute Gasteiger partial charge is 0.148 e. The molecule has 0 radical (unpaired) electrons. The molecule has 0 saturated carbocycles. The van der Waals surface area contributed by atoms with E-state index in [1.165, 1.54) is 6.33 Å². The summed E-state index contributed by atoms with van der Waals surface area (Å²) in [6.45, 7) is 2.70. The summed E-state index contributed by atoms with van der Waals surface area (Å²) in [6, 6.07) is 4.94. The topological polar surface area (TPSA) is 66.0 Å². The second-order valence-electron chi connectivity index (χ2n) is 3.80. The average molecular weight is 267 g/mol. The molecule has 1 unspecified atom stereocenters. The summed E-state index contributed by atoms with van der Waals surface area (Å²) >= 11 is 6.00. The monoisotopic (exact) mass is 266 g/mol. The van der Waals surface area contributed by atoms with Crippen molar-refractivity contribution in [3.05, 3.63) is 40.9 Å². The third kappa shape index (κ3) is 2.32. The van der Waals surface area contributed by atoms with Crippen molar-refractivity contribution in [1.82, 2.24) is 14.8 Å². The van der Waals surface area contributed by atoms with Crippen LogP contribution in [0, 0.1) is 0 Å². The van der Waals surface area contributed by atoms with E-state index in [2.05, 4.69) is 10.1 Å². The fraction of sp³-hybridized carbons (Fsp3) is 0.333. The molecule has 1 atom stereocenters. The lowest BCUT2D eigenvalue weighted by Crippen LogP contribution is -2.19. The van der Waals surface area contributed by atoms with Crippen LogP contribution in [0.1, 0.15) is 24.4 Å². The molecule has 1 aromatic carbocycles. The minimum Gasteiger partial charge on any atom is -0.496 e. The number of nitrogens with zero attached hydrogens (tertiary/aromatic N) is 3. The van der Waals surface area contributed by atoms with Gasteiger partial charge in [-0.1, -0.05) is 11.6 Å². The number of ether oxygens (including phenoxy) is 1. The summed E-state index contributed by atoms with van der Waals surface area (Å²) in [5, 5.41) is 4.73. The Hall–Kier alpha value is -1.59. The molecule has 0 aliphatic heterocycles. The van der Waals surface area contributed by atoms with Crippen LogP contribution in [-0.4, -0.2) is 21.9 Å². The van der Waals surface area contributed by atoms with E-state index >= 15 is 0 Å². The van der Waals surface area contributed by atoms with Crippen molar-refractivity contribution in [3.8, 4) is 5.75 Å². The molecule has 0 saturated heterocycles. The molecule has 18 heavy (non-hydrogen) atoms. The van der Waals surface area contributed by atoms with Crippen LogP contribution in [0.3, 0.4) is 0 Å². The van der Waals surface area contributed by atoms with Crippen LogP contribution in [-0.2, 0) is 6.54 Å². The molecule has 0 amide bonds. The van der Waals surface area contributed by atoms with Gasteiger partial charge < -0.3 is 10.5 Å². The lowest BCUT2D eigenvalue weighted by molar-refractivity contribution is 0.406. The molecule has 0 aliphatic carbocycles. The van der Waals surface area contributed by atoms with Crippen molar-refractivity contribution in [2.75, 3.05) is 7.11 Å². The Kier molecular flexibility index (Phi) is 3.84. The lowest BCUT2D eigenvalue weighted by atomic mass is 10.1. The summed E-state index contributed by atoms with van der Waals surface area (Å²) in [7, 11) is 1.60. The van der Waals surface area contributed by atoms with Crippen molar-refractivity contribution < 1.29 is 4.74 Å². The third-order valence-corrected chi connectivity index (χ3v) is 2.99. The first-order valence-corrected chi connectivity index (χ1v) is 6.01. The molecule has 0 aliphatic rings. The Morgan fingerprint density at radius 3 is 2.94 bits per heavy atom. The fourth-order valence-corrected chi connectivity index (χ4v) is 2.03. The van der Waals surface area contributed by atoms with E-state index < -0.39 is 6.04 Å². The molecule has 2 N–H and O–H groups in total. The highest BCUT2D eigenvalue weighted by Gasteiger charge is 2.19. The van der Waals surface area contributed by atoms with Crippen LogP contribution in [0.25, 0.3) is 0 Å². The van der Waals surface area contributed by atoms with Crippen molar-refractivity contribution in [2.45, 2.75) is 19.5 Å². The van der Waals surface area contributed by atoms with E-state index in [1.54, 1.807) is 30.0 Å². The van der Waals surface area contributed by atoms with Crippen LogP contribution >= 0.6 is 11.6 Å². The summed E-state index contributed by atoms with van der Waals surface area (Å²) in [4.78, 5) is 4.20. The van der Waals surface area contributed by atoms with Gasteiger partial charge in [0, 0.05) is 17.1 Å². The zero-order valence-electron chi connectivity index (χ0n) is 10.3. The Morgan fingerprint density at radius 1 is 1.50 bits per heavy atom. The number of hydrogen-bond donors (Lipinski definition) is 1. The zero-order chi connectivity index (χ0) is 13.1. The zero-order valence-corrected chi connectivity index (χ0v) is 11.1. The standard InChI is InChI=1S/C12H15ClN4O/c1-3-17-12(15-7-16-17)11(14)9-6-8(13)4-5-10(9)18-2/h4-7,11H,3,14H2,1-2H3. The molecular formula is C12H15ClN4O. The Morgan fingerprint density at radius 2 is 2.28 bits per heavy atom. The van der Waals surface area contributed by atoms with Crippen molar-refractivity contribution >= 4 is 11.6 Å². The van der Waals surface area contributed by atoms with Crippen LogP contribution in [0.2, 0.25) is 5.02 Å². The van der Waals surface area contributed by atoms with Crippen LogP contribution in [0.5, 0.6) is 5.75 Å². The first-order chi connectivity index (χ1) is 8.67. The lowest BCUT2D eigenvalue weighted by Gasteiger charge is -2.16. The minimum atomic E-state index is -0.416. The Labute approximate surface area is 111 Å². The van der Waals surface area contributed by atoms with Gasteiger partial charge in [0.2, 0.25) is 0 Å². The Balaban J connectivity index is 2.45. The third-order valence-electron chi connectivity index (χ3n) is 2.75. The van der Waals surface area contributed by atoms with Crippen LogP contribution < -0.4 is 10.5 Å². The quantitative estimate of drug-likeness (QED) is 0.919. The number of methoxy groups -OCH3 is 1. The van der Waals surface area contributed by atoms with Crippen molar-refractivity contribution in [3.63, 3.8) is 0 Å². The van der Waals surface area contributed by atoms with Gasteiger partial charge in [-0.2, -0.15) is 5.10 Å². The normalized spacial score (nSPS) is 12.4. The maximum atomic E-state index is 6.22. The molecular weight excluding hydrogens is 252 g/mol. The minimum absolute atomic E-state index is 0.416. The number of aryl methyl sites for hydroxylation is 1. The van der Waals surface area contributed by atoms with Gasteiger partial charge in [-0.15, -0.1) is 0 Å². The highest BCUT2D eigenvalue weighted by molar-refractivity contribution is 6.30. The molecule has 0 fully saturated rings. The van der Waals surface area contributed by atoms with Gasteiger partial charge in [-0.3, -0.25) is 0 Å². The number of benzene rings is 1. The predicted molar refractivity (Wildman–Crippen MR) is 69.7 cm³/mol. The molecule has 96 valence electrons. The predicted octanol–water partition coefficient (Wildman–Crippen LogP) is 2.01. The summed E-state index contributed by atoms with van der Waals surface area (Å²) in [5.41, 5.74) is 7.02. The van der Waals surface area contributed by atoms with E-state index in [0.29, 0.717) is 23.1 Å². The van der Waals surface area contributed by atoms with Crippen LogP contribution in [0.4, 0.5) is 0 Å². The molecule has 0 spiro atoms. The molecule has 2 rings (SSSR count). The number of halogens is 1. The first-order valence-electron chi connectivity index (χ1n) is 5.64. The number of hydrogen-bond acceptors (Lipinski definition) is 4. The summed E-state index contributed by atoms with van der Waals surface area (Å²) in [5.74, 6) is 1.38. The Bertz CT molecular complexity index is 541. The fourth-order valence-electron chi connectivity index (χ4n) is 1.84.